The highest BCUT2D eigenvalue weighted by molar-refractivity contribution is 7.15. The smallest absolute Gasteiger partial charge is 0.193 e. The lowest BCUT2D eigenvalue weighted by Crippen LogP contribution is -2.38. The van der Waals surface area contributed by atoms with Crippen molar-refractivity contribution < 1.29 is 5.11 Å². The monoisotopic (exact) mass is 265 g/mol. The summed E-state index contributed by atoms with van der Waals surface area (Å²) in [5, 5.41) is 12.4. The molecule has 5 heteroatoms. The van der Waals surface area contributed by atoms with E-state index in [1.54, 1.807) is 11.3 Å². The van der Waals surface area contributed by atoms with Gasteiger partial charge in [-0.1, -0.05) is 12.8 Å². The molecule has 2 heterocycles. The van der Waals surface area contributed by atoms with Gasteiger partial charge in [0.25, 0.3) is 0 Å². The van der Waals surface area contributed by atoms with Gasteiger partial charge in [0, 0.05) is 30.9 Å². The van der Waals surface area contributed by atoms with Crippen molar-refractivity contribution in [2.45, 2.75) is 37.8 Å². The summed E-state index contributed by atoms with van der Waals surface area (Å²) in [5.41, 5.74) is 0.609. The van der Waals surface area contributed by atoms with E-state index in [4.69, 9.17) is 0 Å². The van der Waals surface area contributed by atoms with Gasteiger partial charge in [-0.15, -0.1) is 11.3 Å². The Bertz CT molecular complexity index is 499. The maximum Gasteiger partial charge on any atom is 0.193 e. The van der Waals surface area contributed by atoms with Gasteiger partial charge in [-0.3, -0.25) is 9.30 Å². The number of likely N-dealkylation sites (N-methyl/N-ethyl adjacent to an activating group) is 1. The molecule has 4 nitrogen and oxygen atoms in total. The number of aromatic nitrogens is 2. The second kappa shape index (κ2) is 4.64. The fourth-order valence-corrected chi connectivity index (χ4v) is 3.60. The number of nitrogens with zero attached hydrogens (tertiary/aromatic N) is 3. The topological polar surface area (TPSA) is 40.8 Å². The van der Waals surface area contributed by atoms with Crippen LogP contribution in [0.3, 0.4) is 0 Å². The summed E-state index contributed by atoms with van der Waals surface area (Å²) < 4.78 is 2.05. The minimum absolute atomic E-state index is 0.466. The van der Waals surface area contributed by atoms with Gasteiger partial charge in [-0.25, -0.2) is 4.98 Å². The minimum Gasteiger partial charge on any atom is -0.389 e. The van der Waals surface area contributed by atoms with E-state index in [0.29, 0.717) is 0 Å². The number of thiazole rings is 1. The standard InChI is InChI=1S/C13H19N3OS/c1-15(10-13(17)4-2-3-5-13)8-11-9-16-6-7-18-12(16)14-11/h6-7,9,17H,2-5,8,10H2,1H3. The second-order valence-electron chi connectivity index (χ2n) is 5.43. The van der Waals surface area contributed by atoms with E-state index in [1.807, 2.05) is 11.6 Å². The zero-order valence-corrected chi connectivity index (χ0v) is 11.5. The van der Waals surface area contributed by atoms with Crippen LogP contribution < -0.4 is 0 Å². The molecular weight excluding hydrogens is 246 g/mol. The number of rotatable bonds is 4. The number of fused-ring (bicyclic) bond motifs is 1. The Hall–Kier alpha value is -0.910. The summed E-state index contributed by atoms with van der Waals surface area (Å²) in [4.78, 5) is 7.79. The Morgan fingerprint density at radius 1 is 1.50 bits per heavy atom. The zero-order chi connectivity index (χ0) is 12.6. The van der Waals surface area contributed by atoms with Crippen molar-refractivity contribution in [3.8, 4) is 0 Å². The van der Waals surface area contributed by atoms with Gasteiger partial charge >= 0.3 is 0 Å². The van der Waals surface area contributed by atoms with Gasteiger partial charge in [-0.05, 0) is 19.9 Å². The Morgan fingerprint density at radius 3 is 3.00 bits per heavy atom. The largest absolute Gasteiger partial charge is 0.389 e. The molecule has 3 rings (SSSR count). The fourth-order valence-electron chi connectivity index (χ4n) is 2.88. The predicted octanol–water partition coefficient (Wildman–Crippen LogP) is 2.13. The molecular formula is C13H19N3OS. The summed E-state index contributed by atoms with van der Waals surface area (Å²) in [6.45, 7) is 1.55. The first kappa shape index (κ1) is 12.1. The molecule has 2 aromatic heterocycles. The minimum atomic E-state index is -0.466. The van der Waals surface area contributed by atoms with Crippen LogP contribution in [-0.2, 0) is 6.54 Å². The summed E-state index contributed by atoms with van der Waals surface area (Å²) in [7, 11) is 2.06. The van der Waals surface area contributed by atoms with E-state index in [0.717, 1.165) is 49.4 Å². The lowest BCUT2D eigenvalue weighted by atomic mass is 10.0. The van der Waals surface area contributed by atoms with Crippen molar-refractivity contribution in [2.24, 2.45) is 0 Å². The Labute approximate surface area is 111 Å². The molecule has 0 spiro atoms. The van der Waals surface area contributed by atoms with Crippen LogP contribution >= 0.6 is 11.3 Å². The number of imidazole rings is 1. The van der Waals surface area contributed by atoms with E-state index < -0.39 is 5.60 Å². The van der Waals surface area contributed by atoms with Crippen LogP contribution in [0.2, 0.25) is 0 Å². The molecule has 1 fully saturated rings. The van der Waals surface area contributed by atoms with Crippen LogP contribution in [0.5, 0.6) is 0 Å². The molecule has 18 heavy (non-hydrogen) atoms. The van der Waals surface area contributed by atoms with Crippen LogP contribution in [0.25, 0.3) is 4.96 Å². The van der Waals surface area contributed by atoms with E-state index in [2.05, 4.69) is 27.5 Å². The number of hydrogen-bond acceptors (Lipinski definition) is 4. The molecule has 0 saturated heterocycles. The van der Waals surface area contributed by atoms with Crippen LogP contribution in [0, 0.1) is 0 Å². The van der Waals surface area contributed by atoms with E-state index in [1.165, 1.54) is 0 Å². The van der Waals surface area contributed by atoms with Crippen molar-refractivity contribution >= 4 is 16.3 Å². The van der Waals surface area contributed by atoms with Gasteiger partial charge in [0.1, 0.15) is 0 Å². The van der Waals surface area contributed by atoms with Crippen molar-refractivity contribution in [3.05, 3.63) is 23.5 Å². The van der Waals surface area contributed by atoms with Crippen molar-refractivity contribution in [2.75, 3.05) is 13.6 Å². The quantitative estimate of drug-likeness (QED) is 0.920. The Kier molecular flexibility index (Phi) is 3.13. The van der Waals surface area contributed by atoms with Gasteiger partial charge < -0.3 is 5.11 Å². The normalized spacial score (nSPS) is 19.1. The molecule has 1 aliphatic carbocycles. The highest BCUT2D eigenvalue weighted by atomic mass is 32.1. The van der Waals surface area contributed by atoms with E-state index in [9.17, 15) is 5.11 Å². The maximum absolute atomic E-state index is 10.4. The second-order valence-corrected chi connectivity index (χ2v) is 6.30. The highest BCUT2D eigenvalue weighted by Gasteiger charge is 2.32. The summed E-state index contributed by atoms with van der Waals surface area (Å²) in [6.07, 6.45) is 8.29. The summed E-state index contributed by atoms with van der Waals surface area (Å²) >= 11 is 1.65. The number of aliphatic hydroxyl groups is 1. The Morgan fingerprint density at radius 2 is 2.28 bits per heavy atom. The molecule has 1 aliphatic rings. The van der Waals surface area contributed by atoms with Crippen LogP contribution in [0.4, 0.5) is 0 Å². The maximum atomic E-state index is 10.4. The molecule has 2 aromatic rings. The lowest BCUT2D eigenvalue weighted by Gasteiger charge is -2.28. The van der Waals surface area contributed by atoms with Crippen LogP contribution in [0.1, 0.15) is 31.4 Å². The summed E-state index contributed by atoms with van der Waals surface area (Å²) in [6, 6.07) is 0. The molecule has 0 amide bonds. The molecule has 98 valence electrons. The molecule has 0 unspecified atom stereocenters. The third-order valence-electron chi connectivity index (χ3n) is 3.67. The first-order valence-electron chi connectivity index (χ1n) is 6.47. The third-order valence-corrected chi connectivity index (χ3v) is 4.44. The first-order valence-corrected chi connectivity index (χ1v) is 7.35. The van der Waals surface area contributed by atoms with E-state index >= 15 is 0 Å². The lowest BCUT2D eigenvalue weighted by molar-refractivity contribution is 0.0143. The third kappa shape index (κ3) is 2.43. The Balaban J connectivity index is 1.63. The van der Waals surface area contributed by atoms with Crippen molar-refractivity contribution in [1.82, 2.24) is 14.3 Å². The van der Waals surface area contributed by atoms with Gasteiger partial charge in [-0.2, -0.15) is 0 Å². The first-order chi connectivity index (χ1) is 8.65. The molecule has 1 N–H and O–H groups in total. The molecule has 0 aliphatic heterocycles. The molecule has 0 radical (unpaired) electrons. The van der Waals surface area contributed by atoms with Crippen molar-refractivity contribution in [3.63, 3.8) is 0 Å². The van der Waals surface area contributed by atoms with Crippen molar-refractivity contribution in [1.29, 1.82) is 0 Å². The van der Waals surface area contributed by atoms with Gasteiger partial charge in [0.2, 0.25) is 0 Å². The van der Waals surface area contributed by atoms with E-state index in [-0.39, 0.29) is 0 Å². The SMILES string of the molecule is CN(Cc1cn2ccsc2n1)CC1(O)CCCC1. The molecule has 0 atom stereocenters. The van der Waals surface area contributed by atoms with Crippen LogP contribution in [-0.4, -0.2) is 38.6 Å². The average Bonchev–Trinajstić information content (AvgIpc) is 2.93. The average molecular weight is 265 g/mol. The van der Waals surface area contributed by atoms with Gasteiger partial charge in [0.05, 0.1) is 11.3 Å². The number of hydrogen-bond donors (Lipinski definition) is 1. The fraction of sp³-hybridized carbons (Fsp3) is 0.615. The predicted molar refractivity (Wildman–Crippen MR) is 72.8 cm³/mol. The molecule has 0 bridgehead atoms. The summed E-state index contributed by atoms with van der Waals surface area (Å²) in [5.74, 6) is 0. The zero-order valence-electron chi connectivity index (χ0n) is 10.7. The van der Waals surface area contributed by atoms with Crippen LogP contribution in [0.15, 0.2) is 17.8 Å². The van der Waals surface area contributed by atoms with Gasteiger partial charge in [0.15, 0.2) is 4.96 Å². The highest BCUT2D eigenvalue weighted by Crippen LogP contribution is 2.30. The molecule has 1 saturated carbocycles. The molecule has 0 aromatic carbocycles.